The van der Waals surface area contributed by atoms with Crippen LogP contribution in [0.2, 0.25) is 0 Å². The fourth-order valence-corrected chi connectivity index (χ4v) is 2.42. The van der Waals surface area contributed by atoms with Crippen LogP contribution in [-0.4, -0.2) is 22.7 Å². The number of aromatic nitrogens is 2. The molecule has 1 fully saturated rings. The first kappa shape index (κ1) is 12.6. The van der Waals surface area contributed by atoms with Gasteiger partial charge in [0.15, 0.2) is 5.82 Å². The van der Waals surface area contributed by atoms with Crippen molar-refractivity contribution in [3.63, 3.8) is 0 Å². The molecule has 1 aliphatic carbocycles. The molecule has 1 heterocycles. The van der Waals surface area contributed by atoms with Crippen LogP contribution in [-0.2, 0) is 0 Å². The second-order valence-corrected chi connectivity index (χ2v) is 5.38. The minimum atomic E-state index is 0.301. The molecule has 0 radical (unpaired) electrons. The lowest BCUT2D eigenvalue weighted by atomic mass is 9.89. The molecule has 0 saturated heterocycles. The van der Waals surface area contributed by atoms with Crippen LogP contribution in [0.15, 0.2) is 4.52 Å². The summed E-state index contributed by atoms with van der Waals surface area (Å²) in [7, 11) is 0. The highest BCUT2D eigenvalue weighted by Crippen LogP contribution is 2.39. The van der Waals surface area contributed by atoms with Crippen LogP contribution in [0.25, 0.3) is 0 Å². The Labute approximate surface area is 103 Å². The molecule has 0 aromatic carbocycles. The highest BCUT2D eigenvalue weighted by Gasteiger charge is 2.32. The van der Waals surface area contributed by atoms with E-state index in [0.717, 1.165) is 18.3 Å². The predicted molar refractivity (Wildman–Crippen MR) is 67.0 cm³/mol. The van der Waals surface area contributed by atoms with Crippen LogP contribution >= 0.6 is 0 Å². The first-order valence-electron chi connectivity index (χ1n) is 6.70. The zero-order chi connectivity index (χ0) is 12.4. The van der Waals surface area contributed by atoms with Crippen LogP contribution in [0, 0.1) is 5.92 Å². The lowest BCUT2D eigenvalue weighted by molar-refractivity contribution is 0.280. The number of nitrogens with zero attached hydrogens (tertiary/aromatic N) is 2. The Morgan fingerprint density at radius 2 is 2.06 bits per heavy atom. The zero-order valence-electron chi connectivity index (χ0n) is 11.2. The van der Waals surface area contributed by atoms with E-state index >= 15 is 0 Å². The van der Waals surface area contributed by atoms with Crippen molar-refractivity contribution in [3.8, 4) is 0 Å². The minimum absolute atomic E-state index is 0.301. The van der Waals surface area contributed by atoms with Crippen LogP contribution in [0.4, 0.5) is 0 Å². The minimum Gasteiger partial charge on any atom is -0.339 e. The Bertz CT molecular complexity index is 357. The van der Waals surface area contributed by atoms with E-state index in [1.807, 2.05) is 0 Å². The van der Waals surface area contributed by atoms with E-state index in [0.29, 0.717) is 23.8 Å². The fraction of sp³-hybridized carbons (Fsp3) is 0.846. The van der Waals surface area contributed by atoms with Crippen molar-refractivity contribution >= 4 is 0 Å². The smallest absolute Gasteiger partial charge is 0.231 e. The van der Waals surface area contributed by atoms with Gasteiger partial charge in [0.2, 0.25) is 5.89 Å². The van der Waals surface area contributed by atoms with Crippen LogP contribution < -0.4 is 5.32 Å². The molecule has 1 N–H and O–H groups in total. The highest BCUT2D eigenvalue weighted by atomic mass is 16.5. The molecule has 17 heavy (non-hydrogen) atoms. The van der Waals surface area contributed by atoms with Crippen LogP contribution in [0.5, 0.6) is 0 Å². The van der Waals surface area contributed by atoms with Crippen molar-refractivity contribution in [2.24, 2.45) is 5.92 Å². The Morgan fingerprint density at radius 1 is 1.35 bits per heavy atom. The maximum Gasteiger partial charge on any atom is 0.231 e. The van der Waals surface area contributed by atoms with Gasteiger partial charge in [-0.15, -0.1) is 0 Å². The maximum atomic E-state index is 5.46. The quantitative estimate of drug-likeness (QED) is 0.826. The average molecular weight is 237 g/mol. The van der Waals surface area contributed by atoms with Gasteiger partial charge in [0.25, 0.3) is 0 Å². The van der Waals surface area contributed by atoms with Gasteiger partial charge in [-0.3, -0.25) is 0 Å². The molecule has 0 spiro atoms. The van der Waals surface area contributed by atoms with E-state index in [-0.39, 0.29) is 0 Å². The van der Waals surface area contributed by atoms with E-state index < -0.39 is 0 Å². The number of rotatable bonds is 6. The van der Waals surface area contributed by atoms with E-state index in [9.17, 15) is 0 Å². The summed E-state index contributed by atoms with van der Waals surface area (Å²) in [6.45, 7) is 9.69. The standard InChI is InChI=1S/C13H23N3O/c1-5-14-9(4)11(8(2)3)13-15-12(16-17-13)10-6-7-10/h8-11,14H,5-7H2,1-4H3. The summed E-state index contributed by atoms with van der Waals surface area (Å²) < 4.78 is 5.46. The topological polar surface area (TPSA) is 51.0 Å². The summed E-state index contributed by atoms with van der Waals surface area (Å²) in [5.74, 6) is 3.07. The number of nitrogens with one attached hydrogen (secondary N) is 1. The number of hydrogen-bond donors (Lipinski definition) is 1. The van der Waals surface area contributed by atoms with Crippen LogP contribution in [0.1, 0.15) is 64.1 Å². The van der Waals surface area contributed by atoms with E-state index in [1.165, 1.54) is 12.8 Å². The second-order valence-electron chi connectivity index (χ2n) is 5.38. The molecule has 96 valence electrons. The summed E-state index contributed by atoms with van der Waals surface area (Å²) in [5.41, 5.74) is 0. The molecule has 0 amide bonds. The fourth-order valence-electron chi connectivity index (χ4n) is 2.42. The van der Waals surface area contributed by atoms with Crippen molar-refractivity contribution in [2.45, 2.75) is 58.4 Å². The molecule has 2 unspecified atom stereocenters. The Balaban J connectivity index is 2.12. The molecule has 1 aliphatic rings. The van der Waals surface area contributed by atoms with Crippen LogP contribution in [0.3, 0.4) is 0 Å². The summed E-state index contributed by atoms with van der Waals surface area (Å²) in [4.78, 5) is 4.58. The third kappa shape index (κ3) is 2.86. The second kappa shape index (κ2) is 5.17. The molecule has 4 nitrogen and oxygen atoms in total. The predicted octanol–water partition coefficient (Wildman–Crippen LogP) is 2.68. The molecule has 1 aromatic rings. The maximum absolute atomic E-state index is 5.46. The van der Waals surface area contributed by atoms with Crippen molar-refractivity contribution < 1.29 is 4.52 Å². The molecule has 1 aromatic heterocycles. The highest BCUT2D eigenvalue weighted by molar-refractivity contribution is 5.07. The Hall–Kier alpha value is -0.900. The summed E-state index contributed by atoms with van der Waals surface area (Å²) in [6.07, 6.45) is 2.43. The zero-order valence-corrected chi connectivity index (χ0v) is 11.2. The molecule has 0 aliphatic heterocycles. The van der Waals surface area contributed by atoms with Crippen molar-refractivity contribution in [2.75, 3.05) is 6.54 Å². The van der Waals surface area contributed by atoms with Gasteiger partial charge in [0.1, 0.15) is 0 Å². The Kier molecular flexibility index (Phi) is 3.82. The van der Waals surface area contributed by atoms with Gasteiger partial charge in [0.05, 0.1) is 5.92 Å². The summed E-state index contributed by atoms with van der Waals surface area (Å²) in [6, 6.07) is 0.368. The van der Waals surface area contributed by atoms with E-state index in [1.54, 1.807) is 0 Å². The number of likely N-dealkylation sites (N-methyl/N-ethyl adjacent to an activating group) is 1. The van der Waals surface area contributed by atoms with Gasteiger partial charge < -0.3 is 9.84 Å². The largest absolute Gasteiger partial charge is 0.339 e. The lowest BCUT2D eigenvalue weighted by Crippen LogP contribution is -2.34. The first-order valence-corrected chi connectivity index (χ1v) is 6.70. The SMILES string of the molecule is CCNC(C)C(c1nc(C2CC2)no1)C(C)C. The van der Waals surface area contributed by atoms with Gasteiger partial charge >= 0.3 is 0 Å². The van der Waals surface area contributed by atoms with Crippen molar-refractivity contribution in [1.29, 1.82) is 0 Å². The molecule has 1 saturated carbocycles. The molecular weight excluding hydrogens is 214 g/mol. The first-order chi connectivity index (χ1) is 8.13. The van der Waals surface area contributed by atoms with E-state index in [4.69, 9.17) is 4.52 Å². The molecule has 0 bridgehead atoms. The molecule has 4 heteroatoms. The van der Waals surface area contributed by atoms with Gasteiger partial charge in [0, 0.05) is 12.0 Å². The van der Waals surface area contributed by atoms with Gasteiger partial charge in [-0.2, -0.15) is 4.98 Å². The molecular formula is C13H23N3O. The van der Waals surface area contributed by atoms with Gasteiger partial charge in [-0.1, -0.05) is 25.9 Å². The van der Waals surface area contributed by atoms with E-state index in [2.05, 4.69) is 43.2 Å². The monoisotopic (exact) mass is 237 g/mol. The third-order valence-corrected chi connectivity index (χ3v) is 3.47. The van der Waals surface area contributed by atoms with Crippen molar-refractivity contribution in [3.05, 3.63) is 11.7 Å². The normalized spacial score (nSPS) is 19.6. The number of hydrogen-bond acceptors (Lipinski definition) is 4. The Morgan fingerprint density at radius 3 is 2.59 bits per heavy atom. The molecule has 2 rings (SSSR count). The van der Waals surface area contributed by atoms with Gasteiger partial charge in [-0.25, -0.2) is 0 Å². The lowest BCUT2D eigenvalue weighted by Gasteiger charge is -2.24. The summed E-state index contributed by atoms with van der Waals surface area (Å²) in [5, 5.41) is 7.56. The van der Waals surface area contributed by atoms with Gasteiger partial charge in [-0.05, 0) is 32.2 Å². The third-order valence-electron chi connectivity index (χ3n) is 3.47. The molecule has 2 atom stereocenters. The summed E-state index contributed by atoms with van der Waals surface area (Å²) >= 11 is 0. The van der Waals surface area contributed by atoms with Crippen molar-refractivity contribution in [1.82, 2.24) is 15.5 Å². The average Bonchev–Trinajstić information content (AvgIpc) is 3.00.